The van der Waals surface area contributed by atoms with Crippen molar-refractivity contribution in [3.05, 3.63) is 84.4 Å². The van der Waals surface area contributed by atoms with E-state index < -0.39 is 0 Å². The smallest absolute Gasteiger partial charge is 0.247 e. The maximum absolute atomic E-state index is 12.1. The number of hydrogen-bond donors (Lipinski definition) is 2. The van der Waals surface area contributed by atoms with Crippen LogP contribution in [-0.4, -0.2) is 40.2 Å². The number of hydrogen-bond acceptors (Lipinski definition) is 8. The van der Waals surface area contributed by atoms with E-state index in [2.05, 4.69) is 32.2 Å². The van der Waals surface area contributed by atoms with Crippen molar-refractivity contribution in [3.8, 4) is 11.5 Å². The van der Waals surface area contributed by atoms with Gasteiger partial charge in [0.2, 0.25) is 5.91 Å². The predicted octanol–water partition coefficient (Wildman–Crippen LogP) is 5.29. The summed E-state index contributed by atoms with van der Waals surface area (Å²) in [5.41, 5.74) is 2.63. The quantitative estimate of drug-likeness (QED) is 0.288. The van der Waals surface area contributed by atoms with Crippen LogP contribution in [0.5, 0.6) is 11.5 Å². The van der Waals surface area contributed by atoms with Crippen LogP contribution in [0, 0.1) is 0 Å². The molecule has 9 nitrogen and oxygen atoms in total. The number of pyridine rings is 1. The van der Waals surface area contributed by atoms with E-state index >= 15 is 0 Å². The Morgan fingerprint density at radius 3 is 2.84 bits per heavy atom. The molecule has 0 aliphatic carbocycles. The van der Waals surface area contributed by atoms with Crippen LogP contribution in [0.2, 0.25) is 5.02 Å². The van der Waals surface area contributed by atoms with Gasteiger partial charge in [-0.05, 0) is 42.5 Å². The van der Waals surface area contributed by atoms with Gasteiger partial charge in [0, 0.05) is 29.8 Å². The minimum Gasteiger partial charge on any atom is -0.486 e. The molecule has 2 N–H and O–H groups in total. The summed E-state index contributed by atoms with van der Waals surface area (Å²) in [4.78, 5) is 25.2. The number of fused-ring (bicyclic) bond motifs is 1. The molecule has 188 valence electrons. The molecule has 37 heavy (non-hydrogen) atoms. The number of amides is 1. The van der Waals surface area contributed by atoms with Crippen LogP contribution in [0.15, 0.2) is 73.7 Å². The Balaban J connectivity index is 1.40. The standard InChI is InChI=1S/C27H24ClN5O4/c1-2-26(34)33-23-12-20-22(13-25(23)37-19-8-10-35-15-19)30-16-31-27(20)32-17-6-7-24(21(28)11-17)36-14-18-5-3-4-9-29-18/h2-7,9,11-13,16,19H,1,8,10,14-15H2,(H,33,34)(H,30,31,32). The third-order valence-corrected chi connectivity index (χ3v) is 5.95. The summed E-state index contributed by atoms with van der Waals surface area (Å²) in [6.45, 7) is 4.97. The van der Waals surface area contributed by atoms with Gasteiger partial charge in [-0.2, -0.15) is 0 Å². The molecule has 0 bridgehead atoms. The normalized spacial score (nSPS) is 14.8. The summed E-state index contributed by atoms with van der Waals surface area (Å²) >= 11 is 6.48. The molecular weight excluding hydrogens is 494 g/mol. The van der Waals surface area contributed by atoms with Gasteiger partial charge in [0.1, 0.15) is 36.4 Å². The van der Waals surface area contributed by atoms with Crippen LogP contribution >= 0.6 is 11.6 Å². The molecule has 0 radical (unpaired) electrons. The predicted molar refractivity (Wildman–Crippen MR) is 142 cm³/mol. The van der Waals surface area contributed by atoms with Gasteiger partial charge < -0.3 is 24.8 Å². The number of anilines is 3. The second kappa shape index (κ2) is 11.2. The minimum absolute atomic E-state index is 0.100. The highest BCUT2D eigenvalue weighted by atomic mass is 35.5. The number of benzene rings is 2. The van der Waals surface area contributed by atoms with Crippen molar-refractivity contribution in [3.63, 3.8) is 0 Å². The van der Waals surface area contributed by atoms with Crippen molar-refractivity contribution in [2.24, 2.45) is 0 Å². The lowest BCUT2D eigenvalue weighted by Crippen LogP contribution is -2.18. The van der Waals surface area contributed by atoms with Crippen molar-refractivity contribution in [2.45, 2.75) is 19.1 Å². The number of halogens is 1. The van der Waals surface area contributed by atoms with E-state index in [9.17, 15) is 4.79 Å². The second-order valence-corrected chi connectivity index (χ2v) is 8.67. The highest BCUT2D eigenvalue weighted by Crippen LogP contribution is 2.36. The molecule has 2 aromatic carbocycles. The highest BCUT2D eigenvalue weighted by molar-refractivity contribution is 6.32. The van der Waals surface area contributed by atoms with Gasteiger partial charge in [0.05, 0.1) is 35.1 Å². The molecule has 3 heterocycles. The average molecular weight is 518 g/mol. The van der Waals surface area contributed by atoms with E-state index in [0.29, 0.717) is 64.4 Å². The van der Waals surface area contributed by atoms with Crippen molar-refractivity contribution < 1.29 is 19.0 Å². The zero-order chi connectivity index (χ0) is 25.6. The van der Waals surface area contributed by atoms with Crippen LogP contribution in [0.25, 0.3) is 10.9 Å². The van der Waals surface area contributed by atoms with Gasteiger partial charge >= 0.3 is 0 Å². The van der Waals surface area contributed by atoms with Crippen molar-refractivity contribution >= 4 is 45.6 Å². The molecule has 4 aromatic rings. The Hall–Kier alpha value is -4.21. The molecule has 10 heteroatoms. The van der Waals surface area contributed by atoms with Gasteiger partial charge in [0.15, 0.2) is 0 Å². The molecular formula is C27H24ClN5O4. The van der Waals surface area contributed by atoms with Gasteiger partial charge in [-0.15, -0.1) is 0 Å². The monoisotopic (exact) mass is 517 g/mol. The van der Waals surface area contributed by atoms with E-state index in [1.165, 1.54) is 12.4 Å². The van der Waals surface area contributed by atoms with Crippen LogP contribution in [0.3, 0.4) is 0 Å². The topological polar surface area (TPSA) is 107 Å². The molecule has 1 aliphatic rings. The fourth-order valence-electron chi connectivity index (χ4n) is 3.82. The molecule has 0 saturated carbocycles. The lowest BCUT2D eigenvalue weighted by atomic mass is 10.1. The van der Waals surface area contributed by atoms with E-state index in [1.807, 2.05) is 24.3 Å². The first-order valence-electron chi connectivity index (χ1n) is 11.6. The summed E-state index contributed by atoms with van der Waals surface area (Å²) < 4.78 is 17.3. The van der Waals surface area contributed by atoms with Crippen LogP contribution in [0.4, 0.5) is 17.2 Å². The summed E-state index contributed by atoms with van der Waals surface area (Å²) in [6.07, 6.45) is 5.04. The summed E-state index contributed by atoms with van der Waals surface area (Å²) in [5, 5.41) is 7.21. The molecule has 5 rings (SSSR count). The molecule has 0 spiro atoms. The average Bonchev–Trinajstić information content (AvgIpc) is 3.42. The van der Waals surface area contributed by atoms with E-state index in [0.717, 1.165) is 12.1 Å². The third-order valence-electron chi connectivity index (χ3n) is 5.66. The highest BCUT2D eigenvalue weighted by Gasteiger charge is 2.20. The third kappa shape index (κ3) is 5.96. The van der Waals surface area contributed by atoms with Crippen LogP contribution in [-0.2, 0) is 16.1 Å². The minimum atomic E-state index is -0.355. The van der Waals surface area contributed by atoms with E-state index in [-0.39, 0.29) is 12.0 Å². The Kier molecular flexibility index (Phi) is 7.43. The van der Waals surface area contributed by atoms with Crippen LogP contribution in [0.1, 0.15) is 12.1 Å². The molecule has 1 fully saturated rings. The van der Waals surface area contributed by atoms with Crippen molar-refractivity contribution in [2.75, 3.05) is 23.8 Å². The lowest BCUT2D eigenvalue weighted by Gasteiger charge is -2.17. The number of rotatable bonds is 9. The number of nitrogens with one attached hydrogen (secondary N) is 2. The van der Waals surface area contributed by atoms with E-state index in [1.54, 1.807) is 30.5 Å². The number of carbonyl (C=O) groups excluding carboxylic acids is 1. The Morgan fingerprint density at radius 2 is 2.08 bits per heavy atom. The Morgan fingerprint density at radius 1 is 1.16 bits per heavy atom. The van der Waals surface area contributed by atoms with Gasteiger partial charge in [-0.25, -0.2) is 9.97 Å². The first kappa shape index (κ1) is 24.5. The van der Waals surface area contributed by atoms with Crippen molar-refractivity contribution in [1.82, 2.24) is 15.0 Å². The molecule has 2 aromatic heterocycles. The molecule has 1 atom stereocenters. The largest absolute Gasteiger partial charge is 0.486 e. The first-order chi connectivity index (χ1) is 18.1. The summed E-state index contributed by atoms with van der Waals surface area (Å²) in [7, 11) is 0. The molecule has 1 unspecified atom stereocenters. The van der Waals surface area contributed by atoms with Gasteiger partial charge in [0.25, 0.3) is 0 Å². The Bertz CT molecular complexity index is 1430. The van der Waals surface area contributed by atoms with Gasteiger partial charge in [-0.1, -0.05) is 24.2 Å². The molecule has 1 saturated heterocycles. The van der Waals surface area contributed by atoms with Crippen LogP contribution < -0.4 is 20.1 Å². The van der Waals surface area contributed by atoms with Gasteiger partial charge in [-0.3, -0.25) is 9.78 Å². The zero-order valence-electron chi connectivity index (χ0n) is 19.8. The van der Waals surface area contributed by atoms with E-state index in [4.69, 9.17) is 25.8 Å². The molecule has 1 amide bonds. The fraction of sp³-hybridized carbons (Fsp3) is 0.185. The fourth-order valence-corrected chi connectivity index (χ4v) is 4.05. The first-order valence-corrected chi connectivity index (χ1v) is 12.0. The summed E-state index contributed by atoms with van der Waals surface area (Å²) in [6, 6.07) is 14.6. The van der Waals surface area contributed by atoms with Crippen molar-refractivity contribution in [1.29, 1.82) is 0 Å². The SMILES string of the molecule is C=CC(=O)Nc1cc2c(Nc3ccc(OCc4ccccn4)c(Cl)c3)ncnc2cc1OC1CCOC1. The Labute approximate surface area is 218 Å². The number of nitrogens with zero attached hydrogens (tertiary/aromatic N) is 3. The number of ether oxygens (including phenoxy) is 3. The molecule has 1 aliphatic heterocycles. The maximum atomic E-state index is 12.1. The number of aromatic nitrogens is 3. The number of carbonyl (C=O) groups is 1. The second-order valence-electron chi connectivity index (χ2n) is 8.26. The zero-order valence-corrected chi connectivity index (χ0v) is 20.6. The lowest BCUT2D eigenvalue weighted by molar-refractivity contribution is -0.111. The summed E-state index contributed by atoms with van der Waals surface area (Å²) in [5.74, 6) is 1.22. The maximum Gasteiger partial charge on any atom is 0.247 e.